The van der Waals surface area contributed by atoms with E-state index in [4.69, 9.17) is 14.2 Å². The molecule has 1 atom stereocenters. The van der Waals surface area contributed by atoms with Crippen molar-refractivity contribution in [1.82, 2.24) is 14.8 Å². The molecule has 10 heteroatoms. The summed E-state index contributed by atoms with van der Waals surface area (Å²) in [6.45, 7) is 7.83. The van der Waals surface area contributed by atoms with Crippen LogP contribution in [0, 0.1) is 17.0 Å². The summed E-state index contributed by atoms with van der Waals surface area (Å²) >= 11 is 1.28. The molecule has 0 aliphatic heterocycles. The Morgan fingerprint density at radius 1 is 1.18 bits per heavy atom. The van der Waals surface area contributed by atoms with Gasteiger partial charge in [0.1, 0.15) is 23.4 Å². The van der Waals surface area contributed by atoms with E-state index in [1.54, 1.807) is 25.3 Å². The Morgan fingerprint density at radius 3 is 2.58 bits per heavy atom. The Morgan fingerprint density at radius 2 is 1.94 bits per heavy atom. The van der Waals surface area contributed by atoms with E-state index in [1.807, 2.05) is 48.7 Å². The van der Waals surface area contributed by atoms with E-state index >= 15 is 0 Å². The van der Waals surface area contributed by atoms with Crippen LogP contribution in [0.4, 0.5) is 0 Å². The molecule has 0 aliphatic rings. The number of thioether (sulfide) groups is 1. The fourth-order valence-electron chi connectivity index (χ4n) is 3.18. The molecular formula is C23H26N4O5S. The Labute approximate surface area is 196 Å². The van der Waals surface area contributed by atoms with Gasteiger partial charge in [0, 0.05) is 10.6 Å². The van der Waals surface area contributed by atoms with Crippen molar-refractivity contribution < 1.29 is 19.1 Å². The van der Waals surface area contributed by atoms with E-state index in [0.717, 1.165) is 17.0 Å². The first-order valence-corrected chi connectivity index (χ1v) is 11.2. The number of nitrogens with zero attached hydrogens (tertiary/aromatic N) is 4. The summed E-state index contributed by atoms with van der Waals surface area (Å²) < 4.78 is 18.5. The Hall–Kier alpha value is -3.53. The number of hydrogen-bond donors (Lipinski definition) is 0. The van der Waals surface area contributed by atoms with Gasteiger partial charge >= 0.3 is 0 Å². The van der Waals surface area contributed by atoms with Crippen LogP contribution in [0.2, 0.25) is 0 Å². The molecule has 9 nitrogen and oxygen atoms in total. The first-order valence-electron chi connectivity index (χ1n) is 10.3. The van der Waals surface area contributed by atoms with Crippen molar-refractivity contribution in [3.05, 3.63) is 76.6 Å². The molecule has 0 unspecified atom stereocenters. The van der Waals surface area contributed by atoms with E-state index in [2.05, 4.69) is 16.8 Å². The molecule has 0 aliphatic carbocycles. The number of aromatic nitrogens is 3. The molecule has 0 bridgehead atoms. The van der Waals surface area contributed by atoms with Crippen LogP contribution < -0.4 is 14.2 Å². The summed E-state index contributed by atoms with van der Waals surface area (Å²) in [5.41, 5.74) is 1.57. The highest BCUT2D eigenvalue weighted by atomic mass is 32.2. The largest absolute Gasteiger partial charge is 0.497 e. The quantitative estimate of drug-likeness (QED) is 0.163. The zero-order valence-corrected chi connectivity index (χ0v) is 19.6. The summed E-state index contributed by atoms with van der Waals surface area (Å²) in [7, 11) is 1.60. The molecule has 0 fully saturated rings. The first-order chi connectivity index (χ1) is 16.0. The molecule has 3 aromatic rings. The van der Waals surface area contributed by atoms with Gasteiger partial charge in [-0.3, -0.25) is 14.7 Å². The number of methoxy groups -OCH3 is 1. The lowest BCUT2D eigenvalue weighted by atomic mass is 10.1. The summed E-state index contributed by atoms with van der Waals surface area (Å²) in [5.74, 6) is 2.49. The fraction of sp³-hybridized carbons (Fsp3) is 0.304. The minimum atomic E-state index is -0.520. The molecule has 3 rings (SSSR count). The number of aryl methyl sites for hydroxylation is 1. The maximum absolute atomic E-state index is 11.5. The Bertz CT molecular complexity index is 1100. The van der Waals surface area contributed by atoms with Crippen molar-refractivity contribution in [2.75, 3.05) is 26.9 Å². The van der Waals surface area contributed by atoms with Crippen LogP contribution in [-0.2, 0) is 0 Å². The number of benzene rings is 2. The van der Waals surface area contributed by atoms with Crippen LogP contribution in [0.1, 0.15) is 23.6 Å². The van der Waals surface area contributed by atoms with Crippen LogP contribution in [0.15, 0.2) is 60.3 Å². The second-order valence-electron chi connectivity index (χ2n) is 6.92. The molecule has 33 heavy (non-hydrogen) atoms. The van der Waals surface area contributed by atoms with Gasteiger partial charge in [0.2, 0.25) is 6.54 Å². The van der Waals surface area contributed by atoms with Crippen LogP contribution in [0.5, 0.6) is 17.2 Å². The predicted octanol–water partition coefficient (Wildman–Crippen LogP) is 4.66. The smallest absolute Gasteiger partial charge is 0.220 e. The second kappa shape index (κ2) is 11.4. The lowest BCUT2D eigenvalue weighted by Gasteiger charge is -2.17. The number of hydrogen-bond acceptors (Lipinski definition) is 8. The Kier molecular flexibility index (Phi) is 8.31. The van der Waals surface area contributed by atoms with Gasteiger partial charge in [0.25, 0.3) is 0 Å². The maximum atomic E-state index is 11.5. The fourth-order valence-corrected chi connectivity index (χ4v) is 4.35. The molecule has 1 aromatic heterocycles. The van der Waals surface area contributed by atoms with Gasteiger partial charge in [-0.15, -0.1) is 10.2 Å². The van der Waals surface area contributed by atoms with Gasteiger partial charge in [0.15, 0.2) is 16.7 Å². The lowest BCUT2D eigenvalue weighted by molar-refractivity contribution is -0.479. The van der Waals surface area contributed by atoms with Crippen molar-refractivity contribution in [3.8, 4) is 22.9 Å². The maximum Gasteiger partial charge on any atom is 0.220 e. The third-order valence-electron chi connectivity index (χ3n) is 4.68. The second-order valence-corrected chi connectivity index (χ2v) is 8.09. The minimum Gasteiger partial charge on any atom is -0.497 e. The molecule has 0 amide bonds. The van der Waals surface area contributed by atoms with Crippen LogP contribution in [0.3, 0.4) is 0 Å². The highest BCUT2D eigenvalue weighted by Crippen LogP contribution is 2.39. The monoisotopic (exact) mass is 470 g/mol. The molecule has 0 spiro atoms. The van der Waals surface area contributed by atoms with E-state index in [0.29, 0.717) is 35.7 Å². The third kappa shape index (κ3) is 6.04. The standard InChI is InChI=1S/C23H26N4O5S/c1-5-13-32-20-12-7-17(14-21(20)31-6-2)22(15-26(28)29)33-23-25-24-16(3)27(23)18-8-10-19(30-4)11-9-18/h5,7-12,14,22H,1,6,13,15H2,2-4H3/t22-/m0/s1. The zero-order chi connectivity index (χ0) is 23.8. The molecule has 0 N–H and O–H groups in total. The van der Waals surface area contributed by atoms with Gasteiger partial charge in [0.05, 0.1) is 13.7 Å². The summed E-state index contributed by atoms with van der Waals surface area (Å²) in [6, 6.07) is 12.8. The average molecular weight is 471 g/mol. The topological polar surface area (TPSA) is 102 Å². The number of rotatable bonds is 12. The molecule has 0 saturated heterocycles. The van der Waals surface area contributed by atoms with Crippen LogP contribution in [0.25, 0.3) is 5.69 Å². The number of nitro groups is 1. The molecule has 0 saturated carbocycles. The van der Waals surface area contributed by atoms with Crippen molar-refractivity contribution in [2.45, 2.75) is 24.3 Å². The van der Waals surface area contributed by atoms with Crippen molar-refractivity contribution >= 4 is 11.8 Å². The van der Waals surface area contributed by atoms with E-state index in [9.17, 15) is 10.1 Å². The van der Waals surface area contributed by atoms with Crippen molar-refractivity contribution in [2.24, 2.45) is 0 Å². The third-order valence-corrected chi connectivity index (χ3v) is 5.87. The van der Waals surface area contributed by atoms with Gasteiger partial charge in [-0.05, 0) is 55.8 Å². The van der Waals surface area contributed by atoms with Gasteiger partial charge in [-0.2, -0.15) is 0 Å². The summed E-state index contributed by atoms with van der Waals surface area (Å²) in [5, 5.41) is 20.0. The van der Waals surface area contributed by atoms with Crippen LogP contribution in [-0.4, -0.2) is 46.6 Å². The Balaban J connectivity index is 1.96. The molecule has 174 valence electrons. The van der Waals surface area contributed by atoms with E-state index in [-0.39, 0.29) is 11.5 Å². The molecule has 1 heterocycles. The van der Waals surface area contributed by atoms with E-state index in [1.165, 1.54) is 11.8 Å². The minimum absolute atomic E-state index is 0.294. The van der Waals surface area contributed by atoms with Gasteiger partial charge in [-0.25, -0.2) is 0 Å². The molecule has 2 aromatic carbocycles. The molecular weight excluding hydrogens is 444 g/mol. The van der Waals surface area contributed by atoms with Gasteiger partial charge < -0.3 is 14.2 Å². The van der Waals surface area contributed by atoms with E-state index < -0.39 is 5.25 Å². The zero-order valence-electron chi connectivity index (χ0n) is 18.8. The van der Waals surface area contributed by atoms with Crippen LogP contribution >= 0.6 is 11.8 Å². The summed E-state index contributed by atoms with van der Waals surface area (Å²) in [4.78, 5) is 11.2. The summed E-state index contributed by atoms with van der Waals surface area (Å²) in [6.07, 6.45) is 1.64. The normalized spacial score (nSPS) is 11.6. The predicted molar refractivity (Wildman–Crippen MR) is 126 cm³/mol. The lowest BCUT2D eigenvalue weighted by Crippen LogP contribution is -2.11. The molecule has 0 radical (unpaired) electrons. The highest BCUT2D eigenvalue weighted by molar-refractivity contribution is 7.99. The van der Waals surface area contributed by atoms with Crippen molar-refractivity contribution in [1.29, 1.82) is 0 Å². The highest BCUT2D eigenvalue weighted by Gasteiger charge is 2.25. The van der Waals surface area contributed by atoms with Crippen molar-refractivity contribution in [3.63, 3.8) is 0 Å². The van der Waals surface area contributed by atoms with Gasteiger partial charge in [-0.1, -0.05) is 30.5 Å². The number of ether oxygens (including phenoxy) is 3. The average Bonchev–Trinajstić information content (AvgIpc) is 3.17. The first kappa shape index (κ1) is 24.1. The SMILES string of the molecule is C=CCOc1ccc([C@H](C[N+](=O)[O-])Sc2nnc(C)n2-c2ccc(OC)cc2)cc1OCC.